The summed E-state index contributed by atoms with van der Waals surface area (Å²) in [5.41, 5.74) is 3.35. The Balaban J connectivity index is 1.32. The van der Waals surface area contributed by atoms with Crippen molar-refractivity contribution in [3.63, 3.8) is 0 Å². The van der Waals surface area contributed by atoms with E-state index in [-0.39, 0.29) is 18.4 Å². The lowest BCUT2D eigenvalue weighted by atomic mass is 10.0. The number of nitrogens with one attached hydrogen (secondary N) is 1. The highest BCUT2D eigenvalue weighted by molar-refractivity contribution is 5.85. The molecule has 0 unspecified atom stereocenters. The number of carbonyl (C=O) groups excluding carboxylic acids is 1. The van der Waals surface area contributed by atoms with E-state index in [0.717, 1.165) is 35.7 Å². The highest BCUT2D eigenvalue weighted by Gasteiger charge is 2.33. The number of benzene rings is 2. The van der Waals surface area contributed by atoms with Crippen LogP contribution in [0.3, 0.4) is 0 Å². The van der Waals surface area contributed by atoms with Gasteiger partial charge in [0.2, 0.25) is 5.91 Å². The number of nitrogens with zero attached hydrogens (tertiary/aromatic N) is 2. The normalized spacial score (nSPS) is 20.7. The number of aliphatic carboxylic acids is 1. The SMILES string of the molecule is O=C(O)C[C@@H]1C[C@@H](COc2ccc(-c3ccc(N4C=NCC4)cc3)cc2)NC1=O. The minimum Gasteiger partial charge on any atom is -0.491 e. The highest BCUT2D eigenvalue weighted by Crippen LogP contribution is 2.26. The molecule has 150 valence electrons. The molecule has 1 amide bonds. The Morgan fingerprint density at radius 2 is 1.83 bits per heavy atom. The van der Waals surface area contributed by atoms with E-state index in [2.05, 4.69) is 39.5 Å². The van der Waals surface area contributed by atoms with Gasteiger partial charge < -0.3 is 20.1 Å². The number of carboxylic acids is 1. The Kier molecular flexibility index (Phi) is 5.46. The van der Waals surface area contributed by atoms with Crippen LogP contribution in [0.2, 0.25) is 0 Å². The van der Waals surface area contributed by atoms with E-state index < -0.39 is 11.9 Å². The van der Waals surface area contributed by atoms with E-state index in [1.165, 1.54) is 0 Å². The molecule has 7 heteroatoms. The number of aliphatic imine (C=N–C) groups is 1. The molecule has 2 N–H and O–H groups in total. The van der Waals surface area contributed by atoms with Gasteiger partial charge in [-0.1, -0.05) is 24.3 Å². The summed E-state index contributed by atoms with van der Waals surface area (Å²) in [5.74, 6) is -0.920. The average Bonchev–Trinajstić information content (AvgIpc) is 3.37. The van der Waals surface area contributed by atoms with Crippen LogP contribution >= 0.6 is 0 Å². The van der Waals surface area contributed by atoms with E-state index in [9.17, 15) is 9.59 Å². The molecule has 4 rings (SSSR count). The Bertz CT molecular complexity index is 909. The molecule has 29 heavy (non-hydrogen) atoms. The van der Waals surface area contributed by atoms with E-state index in [1.54, 1.807) is 0 Å². The van der Waals surface area contributed by atoms with Crippen molar-refractivity contribution in [1.29, 1.82) is 0 Å². The Morgan fingerprint density at radius 1 is 1.14 bits per heavy atom. The predicted octanol–water partition coefficient (Wildman–Crippen LogP) is 2.56. The summed E-state index contributed by atoms with van der Waals surface area (Å²) >= 11 is 0. The fourth-order valence-electron chi connectivity index (χ4n) is 3.69. The summed E-state index contributed by atoms with van der Waals surface area (Å²) in [5, 5.41) is 11.7. The first kappa shape index (κ1) is 19.0. The summed E-state index contributed by atoms with van der Waals surface area (Å²) in [7, 11) is 0. The van der Waals surface area contributed by atoms with Crippen LogP contribution in [0.5, 0.6) is 5.75 Å². The third kappa shape index (κ3) is 4.56. The number of carboxylic acid groups (broad SMARTS) is 1. The number of anilines is 1. The van der Waals surface area contributed by atoms with Crippen molar-refractivity contribution in [3.05, 3.63) is 48.5 Å². The van der Waals surface area contributed by atoms with Crippen LogP contribution in [0.1, 0.15) is 12.8 Å². The smallest absolute Gasteiger partial charge is 0.304 e. The lowest BCUT2D eigenvalue weighted by Gasteiger charge is -2.14. The summed E-state index contributed by atoms with van der Waals surface area (Å²) in [6.45, 7) is 2.09. The fourth-order valence-corrected chi connectivity index (χ4v) is 3.69. The van der Waals surface area contributed by atoms with Crippen LogP contribution in [-0.4, -0.2) is 49.1 Å². The lowest BCUT2D eigenvalue weighted by Crippen LogP contribution is -2.31. The van der Waals surface area contributed by atoms with Crippen molar-refractivity contribution in [3.8, 4) is 16.9 Å². The largest absolute Gasteiger partial charge is 0.491 e. The maximum Gasteiger partial charge on any atom is 0.304 e. The van der Waals surface area contributed by atoms with Crippen LogP contribution in [0.15, 0.2) is 53.5 Å². The third-order valence-corrected chi connectivity index (χ3v) is 5.24. The van der Waals surface area contributed by atoms with Crippen LogP contribution in [0.4, 0.5) is 5.69 Å². The number of ether oxygens (including phenoxy) is 1. The standard InChI is InChI=1S/C22H23N3O4/c26-21(27)12-17-11-18(24-22(17)28)13-29-20-7-3-16(4-8-20)15-1-5-19(6-2-15)25-10-9-23-14-25/h1-8,14,17-18H,9-13H2,(H,24,28)(H,26,27)/t17-,18-/m0/s1. The van der Waals surface area contributed by atoms with Crippen LogP contribution < -0.4 is 15.0 Å². The molecular formula is C22H23N3O4. The first-order valence-electron chi connectivity index (χ1n) is 9.70. The summed E-state index contributed by atoms with van der Waals surface area (Å²) < 4.78 is 5.79. The average molecular weight is 393 g/mol. The molecular weight excluding hydrogens is 370 g/mol. The molecule has 0 radical (unpaired) electrons. The van der Waals surface area contributed by atoms with Gasteiger partial charge >= 0.3 is 5.97 Å². The van der Waals surface area contributed by atoms with Gasteiger partial charge in [-0.3, -0.25) is 14.6 Å². The van der Waals surface area contributed by atoms with Crippen LogP contribution in [0, 0.1) is 5.92 Å². The van der Waals surface area contributed by atoms with Crippen molar-refractivity contribution in [2.45, 2.75) is 18.9 Å². The number of hydrogen-bond acceptors (Lipinski definition) is 5. The van der Waals surface area contributed by atoms with Gasteiger partial charge in [-0.15, -0.1) is 0 Å². The Labute approximate surface area is 169 Å². The molecule has 0 aliphatic carbocycles. The van der Waals surface area contributed by atoms with Gasteiger partial charge in [0, 0.05) is 12.2 Å². The molecule has 0 spiro atoms. The minimum absolute atomic E-state index is 0.139. The maximum atomic E-state index is 11.8. The van der Waals surface area contributed by atoms with E-state index in [4.69, 9.17) is 9.84 Å². The topological polar surface area (TPSA) is 91.2 Å². The number of carbonyl (C=O) groups is 2. The second kappa shape index (κ2) is 8.34. The number of amides is 1. The van der Waals surface area contributed by atoms with Crippen molar-refractivity contribution >= 4 is 23.9 Å². The third-order valence-electron chi connectivity index (χ3n) is 5.24. The van der Waals surface area contributed by atoms with E-state index in [1.807, 2.05) is 30.6 Å². The van der Waals surface area contributed by atoms with Crippen molar-refractivity contribution in [2.24, 2.45) is 10.9 Å². The molecule has 7 nitrogen and oxygen atoms in total. The molecule has 1 fully saturated rings. The molecule has 0 bridgehead atoms. The molecule has 0 aromatic heterocycles. The first-order valence-corrected chi connectivity index (χ1v) is 9.70. The molecule has 2 aliphatic rings. The zero-order valence-electron chi connectivity index (χ0n) is 16.0. The number of rotatable bonds is 7. The predicted molar refractivity (Wildman–Crippen MR) is 110 cm³/mol. The molecule has 2 aromatic rings. The van der Waals surface area contributed by atoms with Gasteiger partial charge in [0.05, 0.1) is 31.3 Å². The summed E-state index contributed by atoms with van der Waals surface area (Å²) in [6, 6.07) is 16.0. The maximum absolute atomic E-state index is 11.8. The lowest BCUT2D eigenvalue weighted by molar-refractivity contribution is -0.140. The van der Waals surface area contributed by atoms with Gasteiger partial charge in [0.15, 0.2) is 0 Å². The Morgan fingerprint density at radius 3 is 2.45 bits per heavy atom. The number of hydrogen-bond donors (Lipinski definition) is 2. The Hall–Kier alpha value is -3.35. The van der Waals surface area contributed by atoms with Gasteiger partial charge in [-0.2, -0.15) is 0 Å². The molecule has 2 heterocycles. The fraction of sp³-hybridized carbons (Fsp3) is 0.318. The minimum atomic E-state index is -0.955. The molecule has 0 saturated carbocycles. The van der Waals surface area contributed by atoms with Crippen LogP contribution in [0.25, 0.3) is 11.1 Å². The first-order chi connectivity index (χ1) is 14.1. The van der Waals surface area contributed by atoms with Crippen molar-refractivity contribution in [2.75, 3.05) is 24.6 Å². The van der Waals surface area contributed by atoms with Gasteiger partial charge in [-0.05, 0) is 41.8 Å². The second-order valence-electron chi connectivity index (χ2n) is 7.33. The zero-order chi connectivity index (χ0) is 20.2. The van der Waals surface area contributed by atoms with Gasteiger partial charge in [0.25, 0.3) is 0 Å². The molecule has 1 saturated heterocycles. The highest BCUT2D eigenvalue weighted by atomic mass is 16.5. The van der Waals surface area contributed by atoms with Gasteiger partial charge in [-0.25, -0.2) is 0 Å². The quantitative estimate of drug-likeness (QED) is 0.754. The van der Waals surface area contributed by atoms with E-state index >= 15 is 0 Å². The summed E-state index contributed by atoms with van der Waals surface area (Å²) in [4.78, 5) is 29.0. The van der Waals surface area contributed by atoms with Crippen molar-refractivity contribution < 1.29 is 19.4 Å². The summed E-state index contributed by atoms with van der Waals surface area (Å²) in [6.07, 6.45) is 2.22. The molecule has 2 atom stereocenters. The zero-order valence-corrected chi connectivity index (χ0v) is 16.0. The van der Waals surface area contributed by atoms with Gasteiger partial charge in [0.1, 0.15) is 12.4 Å². The second-order valence-corrected chi connectivity index (χ2v) is 7.33. The monoisotopic (exact) mass is 393 g/mol. The van der Waals surface area contributed by atoms with E-state index in [0.29, 0.717) is 13.0 Å². The van der Waals surface area contributed by atoms with Crippen molar-refractivity contribution in [1.82, 2.24) is 5.32 Å². The van der Waals surface area contributed by atoms with Crippen LogP contribution in [-0.2, 0) is 9.59 Å². The molecule has 2 aliphatic heterocycles. The molecule has 2 aromatic carbocycles.